The molecule has 21 heavy (non-hydrogen) atoms. The summed E-state index contributed by atoms with van der Waals surface area (Å²) in [4.78, 5) is 16.2. The summed E-state index contributed by atoms with van der Waals surface area (Å²) < 4.78 is 10.3. The van der Waals surface area contributed by atoms with Crippen molar-refractivity contribution in [3.63, 3.8) is 0 Å². The maximum absolute atomic E-state index is 11.8. The van der Waals surface area contributed by atoms with E-state index < -0.39 is 5.92 Å². The molecule has 0 aliphatic heterocycles. The second-order valence-corrected chi connectivity index (χ2v) is 4.86. The van der Waals surface area contributed by atoms with Crippen molar-refractivity contribution in [2.45, 2.75) is 39.5 Å². The summed E-state index contributed by atoms with van der Waals surface area (Å²) >= 11 is 0. The average Bonchev–Trinajstić information content (AvgIpc) is 2.91. The summed E-state index contributed by atoms with van der Waals surface area (Å²) in [6.07, 6.45) is 1.17. The minimum atomic E-state index is -0.483. The molecule has 0 amide bonds. The molecule has 1 atom stereocenters. The monoisotopic (exact) mass is 288 g/mol. The molecule has 112 valence electrons. The van der Waals surface area contributed by atoms with Gasteiger partial charge in [0.15, 0.2) is 5.82 Å². The van der Waals surface area contributed by atoms with E-state index in [1.807, 2.05) is 38.1 Å². The molecule has 0 saturated carbocycles. The first kappa shape index (κ1) is 15.2. The fourth-order valence-electron chi connectivity index (χ4n) is 2.14. The molecule has 0 N–H and O–H groups in total. The molecule has 2 aromatic rings. The van der Waals surface area contributed by atoms with E-state index in [0.717, 1.165) is 5.56 Å². The van der Waals surface area contributed by atoms with Crippen LogP contribution in [0, 0.1) is 6.92 Å². The number of aryl methyl sites for hydroxylation is 1. The Kier molecular flexibility index (Phi) is 5.09. The fourth-order valence-corrected chi connectivity index (χ4v) is 2.14. The number of carbonyl (C=O) groups excluding carboxylic acids is 1. The van der Waals surface area contributed by atoms with Gasteiger partial charge < -0.3 is 9.26 Å². The summed E-state index contributed by atoms with van der Waals surface area (Å²) in [6.45, 7) is 6.07. The number of hydrogen-bond donors (Lipinski definition) is 0. The quantitative estimate of drug-likeness (QED) is 0.764. The maximum atomic E-state index is 11.8. The van der Waals surface area contributed by atoms with Gasteiger partial charge in [-0.15, -0.1) is 0 Å². The standard InChI is InChI=1S/C16H20N2O3/c1-4-13(16(19)20-5-2)15-17-14(18-21-15)10-12-9-7-6-8-11(12)3/h6-9,13H,4-5,10H2,1-3H3. The molecule has 0 aliphatic rings. The van der Waals surface area contributed by atoms with Crippen LogP contribution < -0.4 is 0 Å². The van der Waals surface area contributed by atoms with Crippen LogP contribution in [0.25, 0.3) is 0 Å². The van der Waals surface area contributed by atoms with Crippen LogP contribution in [0.1, 0.15) is 49.0 Å². The lowest BCUT2D eigenvalue weighted by atomic mass is 10.1. The third-order valence-electron chi connectivity index (χ3n) is 3.37. The second-order valence-electron chi connectivity index (χ2n) is 4.86. The van der Waals surface area contributed by atoms with Gasteiger partial charge in [0.25, 0.3) is 0 Å². The van der Waals surface area contributed by atoms with Gasteiger partial charge in [-0.25, -0.2) is 0 Å². The lowest BCUT2D eigenvalue weighted by Crippen LogP contribution is -2.15. The fraction of sp³-hybridized carbons (Fsp3) is 0.438. The number of hydrogen-bond acceptors (Lipinski definition) is 5. The highest BCUT2D eigenvalue weighted by Crippen LogP contribution is 2.20. The van der Waals surface area contributed by atoms with Gasteiger partial charge >= 0.3 is 5.97 Å². The van der Waals surface area contributed by atoms with Crippen LogP contribution in [0.2, 0.25) is 0 Å². The van der Waals surface area contributed by atoms with E-state index in [1.54, 1.807) is 6.92 Å². The summed E-state index contributed by atoms with van der Waals surface area (Å²) in [5.74, 6) is 0.121. The van der Waals surface area contributed by atoms with Crippen LogP contribution in [-0.2, 0) is 16.0 Å². The van der Waals surface area contributed by atoms with Gasteiger partial charge in [-0.3, -0.25) is 4.79 Å². The Bertz CT molecular complexity index is 607. The molecule has 2 rings (SSSR count). The Morgan fingerprint density at radius 1 is 1.33 bits per heavy atom. The predicted octanol–water partition coefficient (Wildman–Crippen LogP) is 3.03. The molecule has 5 heteroatoms. The van der Waals surface area contributed by atoms with Gasteiger partial charge in [0, 0.05) is 6.42 Å². The molecule has 0 aliphatic carbocycles. The molecular formula is C16H20N2O3. The average molecular weight is 288 g/mol. The highest BCUT2D eigenvalue weighted by molar-refractivity contribution is 5.76. The summed E-state index contributed by atoms with van der Waals surface area (Å²) in [5.41, 5.74) is 2.33. The van der Waals surface area contributed by atoms with Crippen molar-refractivity contribution in [3.05, 3.63) is 47.1 Å². The van der Waals surface area contributed by atoms with Gasteiger partial charge in [-0.2, -0.15) is 4.98 Å². The Labute approximate surface area is 124 Å². The molecule has 0 fully saturated rings. The van der Waals surface area contributed by atoms with Crippen molar-refractivity contribution in [3.8, 4) is 0 Å². The van der Waals surface area contributed by atoms with Crippen molar-refractivity contribution < 1.29 is 14.1 Å². The number of carbonyl (C=O) groups is 1. The number of esters is 1. The van der Waals surface area contributed by atoms with Crippen LogP contribution in [0.15, 0.2) is 28.8 Å². The summed E-state index contributed by atoms with van der Waals surface area (Å²) in [6, 6.07) is 8.06. The normalized spacial score (nSPS) is 12.1. The van der Waals surface area contributed by atoms with Crippen molar-refractivity contribution in [1.82, 2.24) is 10.1 Å². The molecule has 1 heterocycles. The van der Waals surface area contributed by atoms with Crippen LogP contribution in [0.5, 0.6) is 0 Å². The van der Waals surface area contributed by atoms with Crippen LogP contribution in [0.3, 0.4) is 0 Å². The topological polar surface area (TPSA) is 65.2 Å². The number of ether oxygens (including phenoxy) is 1. The van der Waals surface area contributed by atoms with E-state index in [2.05, 4.69) is 10.1 Å². The number of nitrogens with zero attached hydrogens (tertiary/aromatic N) is 2. The zero-order chi connectivity index (χ0) is 15.2. The van der Waals surface area contributed by atoms with Crippen LogP contribution >= 0.6 is 0 Å². The first-order valence-corrected chi connectivity index (χ1v) is 7.19. The van der Waals surface area contributed by atoms with E-state index in [-0.39, 0.29) is 5.97 Å². The largest absolute Gasteiger partial charge is 0.465 e. The van der Waals surface area contributed by atoms with Gasteiger partial charge in [-0.1, -0.05) is 36.3 Å². The van der Waals surface area contributed by atoms with Crippen molar-refractivity contribution in [2.24, 2.45) is 0 Å². The minimum Gasteiger partial charge on any atom is -0.465 e. The molecule has 0 bridgehead atoms. The Hall–Kier alpha value is -2.17. The molecule has 1 aromatic carbocycles. The first-order chi connectivity index (χ1) is 10.2. The zero-order valence-corrected chi connectivity index (χ0v) is 12.6. The second kappa shape index (κ2) is 7.02. The maximum Gasteiger partial charge on any atom is 0.318 e. The van der Waals surface area contributed by atoms with Crippen molar-refractivity contribution >= 4 is 5.97 Å². The Morgan fingerprint density at radius 3 is 2.76 bits per heavy atom. The molecule has 0 radical (unpaired) electrons. The third kappa shape index (κ3) is 3.68. The molecular weight excluding hydrogens is 268 g/mol. The third-order valence-corrected chi connectivity index (χ3v) is 3.37. The van der Waals surface area contributed by atoms with E-state index in [9.17, 15) is 4.79 Å². The predicted molar refractivity (Wildman–Crippen MR) is 77.9 cm³/mol. The van der Waals surface area contributed by atoms with E-state index >= 15 is 0 Å². The summed E-state index contributed by atoms with van der Waals surface area (Å²) in [5, 5.41) is 3.97. The minimum absolute atomic E-state index is 0.314. The van der Waals surface area contributed by atoms with Gasteiger partial charge in [-0.05, 0) is 31.4 Å². The lowest BCUT2D eigenvalue weighted by molar-refractivity contribution is -0.145. The van der Waals surface area contributed by atoms with E-state index in [0.29, 0.717) is 31.2 Å². The number of rotatable bonds is 6. The molecule has 0 spiro atoms. The van der Waals surface area contributed by atoms with Crippen molar-refractivity contribution in [2.75, 3.05) is 6.61 Å². The van der Waals surface area contributed by atoms with Crippen LogP contribution in [0.4, 0.5) is 0 Å². The molecule has 1 unspecified atom stereocenters. The SMILES string of the molecule is CCOC(=O)C(CC)c1nc(Cc2ccccc2C)no1. The number of aromatic nitrogens is 2. The summed E-state index contributed by atoms with van der Waals surface area (Å²) in [7, 11) is 0. The smallest absolute Gasteiger partial charge is 0.318 e. The molecule has 0 saturated heterocycles. The van der Waals surface area contributed by atoms with E-state index in [1.165, 1.54) is 5.56 Å². The molecule has 1 aromatic heterocycles. The van der Waals surface area contributed by atoms with Crippen LogP contribution in [-0.4, -0.2) is 22.7 Å². The Balaban J connectivity index is 2.14. The highest BCUT2D eigenvalue weighted by Gasteiger charge is 2.26. The van der Waals surface area contributed by atoms with E-state index in [4.69, 9.17) is 9.26 Å². The lowest BCUT2D eigenvalue weighted by Gasteiger charge is -2.08. The van der Waals surface area contributed by atoms with Gasteiger partial charge in [0.05, 0.1) is 6.61 Å². The van der Waals surface area contributed by atoms with Crippen molar-refractivity contribution in [1.29, 1.82) is 0 Å². The highest BCUT2D eigenvalue weighted by atomic mass is 16.5. The van der Waals surface area contributed by atoms with Gasteiger partial charge in [0.1, 0.15) is 5.92 Å². The zero-order valence-electron chi connectivity index (χ0n) is 12.6. The molecule has 5 nitrogen and oxygen atoms in total. The first-order valence-electron chi connectivity index (χ1n) is 7.19. The number of benzene rings is 1. The Morgan fingerprint density at radius 2 is 2.10 bits per heavy atom. The van der Waals surface area contributed by atoms with Gasteiger partial charge in [0.2, 0.25) is 5.89 Å².